The summed E-state index contributed by atoms with van der Waals surface area (Å²) in [5.74, 6) is 1.05. The summed E-state index contributed by atoms with van der Waals surface area (Å²) >= 11 is 0. The van der Waals surface area contributed by atoms with E-state index in [1.165, 1.54) is 6.08 Å². The Bertz CT molecular complexity index is 1000. The van der Waals surface area contributed by atoms with Gasteiger partial charge in [0.15, 0.2) is 11.3 Å². The molecular weight excluding hydrogens is 356 g/mol. The molecule has 0 unspecified atom stereocenters. The van der Waals surface area contributed by atoms with Gasteiger partial charge in [0.05, 0.1) is 31.7 Å². The Kier molecular flexibility index (Phi) is 5.30. The van der Waals surface area contributed by atoms with Gasteiger partial charge in [-0.1, -0.05) is 24.3 Å². The minimum Gasteiger partial charge on any atom is -0.493 e. The van der Waals surface area contributed by atoms with Crippen LogP contribution in [0.15, 0.2) is 59.0 Å². The molecule has 1 aliphatic rings. The second kappa shape index (κ2) is 8.19. The van der Waals surface area contributed by atoms with Crippen LogP contribution in [-0.4, -0.2) is 39.3 Å². The van der Waals surface area contributed by atoms with Crippen molar-refractivity contribution in [3.05, 3.63) is 60.4 Å². The minimum atomic E-state index is -0.215. The van der Waals surface area contributed by atoms with Gasteiger partial charge in [-0.05, 0) is 30.3 Å². The van der Waals surface area contributed by atoms with Crippen LogP contribution in [0.25, 0.3) is 17.0 Å². The van der Waals surface area contributed by atoms with Crippen LogP contribution < -0.4 is 15.0 Å². The molecule has 0 atom stereocenters. The number of ether oxygens (including phenoxy) is 2. The number of hydrogen-bond acceptors (Lipinski definition) is 5. The van der Waals surface area contributed by atoms with E-state index >= 15 is 0 Å². The van der Waals surface area contributed by atoms with Gasteiger partial charge in [-0.2, -0.15) is 0 Å². The molecule has 28 heavy (non-hydrogen) atoms. The van der Waals surface area contributed by atoms with Crippen molar-refractivity contribution < 1.29 is 18.7 Å². The largest absolute Gasteiger partial charge is 0.493 e. The first kappa shape index (κ1) is 18.1. The zero-order chi connectivity index (χ0) is 19.3. The van der Waals surface area contributed by atoms with Crippen LogP contribution in [0.3, 0.4) is 0 Å². The highest BCUT2D eigenvalue weighted by Crippen LogP contribution is 2.29. The third kappa shape index (κ3) is 3.87. The number of anilines is 2. The molecule has 1 amide bonds. The van der Waals surface area contributed by atoms with Gasteiger partial charge in [-0.25, -0.2) is 0 Å². The molecule has 2 aromatic carbocycles. The predicted molar refractivity (Wildman–Crippen MR) is 110 cm³/mol. The number of benzene rings is 2. The summed E-state index contributed by atoms with van der Waals surface area (Å²) in [4.78, 5) is 14.7. The molecule has 0 radical (unpaired) electrons. The summed E-state index contributed by atoms with van der Waals surface area (Å²) in [6.45, 7) is 3.00. The Morgan fingerprint density at radius 2 is 1.96 bits per heavy atom. The lowest BCUT2D eigenvalue weighted by atomic mass is 10.2. The van der Waals surface area contributed by atoms with Crippen molar-refractivity contribution in [3.63, 3.8) is 0 Å². The minimum absolute atomic E-state index is 0.215. The maximum absolute atomic E-state index is 12.5. The number of amides is 1. The molecule has 3 aromatic rings. The molecule has 144 valence electrons. The fourth-order valence-corrected chi connectivity index (χ4v) is 3.29. The molecule has 0 saturated carbocycles. The van der Waals surface area contributed by atoms with E-state index in [1.54, 1.807) is 13.2 Å². The first-order valence-corrected chi connectivity index (χ1v) is 9.22. The van der Waals surface area contributed by atoms with E-state index < -0.39 is 0 Å². The highest BCUT2D eigenvalue weighted by Gasteiger charge is 2.15. The number of nitrogens with zero attached hydrogens (tertiary/aromatic N) is 1. The third-order valence-corrected chi connectivity index (χ3v) is 4.66. The molecule has 1 aromatic heterocycles. The van der Waals surface area contributed by atoms with Crippen molar-refractivity contribution in [2.75, 3.05) is 43.6 Å². The first-order valence-electron chi connectivity index (χ1n) is 9.22. The number of hydrogen-bond donors (Lipinski definition) is 1. The molecule has 1 aliphatic heterocycles. The molecule has 0 aliphatic carbocycles. The summed E-state index contributed by atoms with van der Waals surface area (Å²) in [6, 6.07) is 15.4. The number of furan rings is 1. The number of carbonyl (C=O) groups is 1. The van der Waals surface area contributed by atoms with E-state index in [0.717, 1.165) is 29.9 Å². The number of nitrogens with one attached hydrogen (secondary N) is 1. The fourth-order valence-electron chi connectivity index (χ4n) is 3.29. The van der Waals surface area contributed by atoms with E-state index in [0.29, 0.717) is 30.3 Å². The summed E-state index contributed by atoms with van der Waals surface area (Å²) < 4.78 is 16.5. The van der Waals surface area contributed by atoms with Gasteiger partial charge in [0.25, 0.3) is 0 Å². The maximum Gasteiger partial charge on any atom is 0.248 e. The molecular formula is C22H22N2O4. The molecule has 6 nitrogen and oxygen atoms in total. The van der Waals surface area contributed by atoms with Gasteiger partial charge in [0.2, 0.25) is 5.91 Å². The summed E-state index contributed by atoms with van der Waals surface area (Å²) in [6.07, 6.45) is 3.13. The number of fused-ring (bicyclic) bond motifs is 1. The van der Waals surface area contributed by atoms with E-state index in [9.17, 15) is 4.79 Å². The number of morpholine rings is 1. The maximum atomic E-state index is 12.5. The second-order valence-electron chi connectivity index (χ2n) is 6.47. The average molecular weight is 378 g/mol. The van der Waals surface area contributed by atoms with Crippen molar-refractivity contribution in [2.24, 2.45) is 0 Å². The SMILES string of the molecule is COc1cccc2cc(C=CC(=O)Nc3ccccc3N3CCOCC3)oc12. The van der Waals surface area contributed by atoms with Gasteiger partial charge in [0, 0.05) is 24.6 Å². The van der Waals surface area contributed by atoms with Gasteiger partial charge in [-0.3, -0.25) is 4.79 Å². The lowest BCUT2D eigenvalue weighted by Crippen LogP contribution is -2.36. The van der Waals surface area contributed by atoms with E-state index in [2.05, 4.69) is 10.2 Å². The van der Waals surface area contributed by atoms with Crippen LogP contribution in [-0.2, 0) is 9.53 Å². The molecule has 1 saturated heterocycles. The lowest BCUT2D eigenvalue weighted by Gasteiger charge is -2.30. The fraction of sp³-hybridized carbons (Fsp3) is 0.227. The van der Waals surface area contributed by atoms with Crippen molar-refractivity contribution in [1.82, 2.24) is 0 Å². The van der Waals surface area contributed by atoms with Crippen molar-refractivity contribution >= 4 is 34.3 Å². The van der Waals surface area contributed by atoms with Gasteiger partial charge in [-0.15, -0.1) is 0 Å². The van der Waals surface area contributed by atoms with Crippen molar-refractivity contribution in [1.29, 1.82) is 0 Å². The lowest BCUT2D eigenvalue weighted by molar-refractivity contribution is -0.111. The Morgan fingerprint density at radius 1 is 1.14 bits per heavy atom. The van der Waals surface area contributed by atoms with Crippen LogP contribution in [0.5, 0.6) is 5.75 Å². The number of rotatable bonds is 5. The van der Waals surface area contributed by atoms with Gasteiger partial charge >= 0.3 is 0 Å². The van der Waals surface area contributed by atoms with E-state index in [-0.39, 0.29) is 5.91 Å². The van der Waals surface area contributed by atoms with E-state index in [4.69, 9.17) is 13.9 Å². The summed E-state index contributed by atoms with van der Waals surface area (Å²) in [7, 11) is 1.60. The monoisotopic (exact) mass is 378 g/mol. The molecule has 6 heteroatoms. The highest BCUT2D eigenvalue weighted by molar-refractivity contribution is 6.04. The van der Waals surface area contributed by atoms with Gasteiger partial charge < -0.3 is 24.1 Å². The van der Waals surface area contributed by atoms with Crippen LogP contribution in [0, 0.1) is 0 Å². The predicted octanol–water partition coefficient (Wildman–Crippen LogP) is 3.93. The number of para-hydroxylation sites is 3. The summed E-state index contributed by atoms with van der Waals surface area (Å²) in [5.41, 5.74) is 2.45. The van der Waals surface area contributed by atoms with Crippen LogP contribution in [0.2, 0.25) is 0 Å². The Hall–Kier alpha value is -3.25. The normalized spacial score (nSPS) is 14.5. The highest BCUT2D eigenvalue weighted by atomic mass is 16.5. The van der Waals surface area contributed by atoms with Crippen LogP contribution >= 0.6 is 0 Å². The van der Waals surface area contributed by atoms with Gasteiger partial charge in [0.1, 0.15) is 5.76 Å². The van der Waals surface area contributed by atoms with Crippen molar-refractivity contribution in [2.45, 2.75) is 0 Å². The van der Waals surface area contributed by atoms with E-state index in [1.807, 2.05) is 48.5 Å². The smallest absolute Gasteiger partial charge is 0.248 e. The van der Waals surface area contributed by atoms with Crippen molar-refractivity contribution in [3.8, 4) is 5.75 Å². The third-order valence-electron chi connectivity index (χ3n) is 4.66. The van der Waals surface area contributed by atoms with Crippen LogP contribution in [0.4, 0.5) is 11.4 Å². The zero-order valence-corrected chi connectivity index (χ0v) is 15.7. The molecule has 0 spiro atoms. The number of methoxy groups -OCH3 is 1. The standard InChI is InChI=1S/C22H22N2O4/c1-26-20-8-4-5-16-15-17(28-22(16)20)9-10-21(25)23-18-6-2-3-7-19(18)24-11-13-27-14-12-24/h2-10,15H,11-14H2,1H3,(H,23,25). The molecule has 1 N–H and O–H groups in total. The molecule has 4 rings (SSSR count). The zero-order valence-electron chi connectivity index (χ0n) is 15.7. The molecule has 1 fully saturated rings. The Balaban J connectivity index is 1.49. The molecule has 2 heterocycles. The average Bonchev–Trinajstić information content (AvgIpc) is 3.16. The first-order chi connectivity index (χ1) is 13.7. The second-order valence-corrected chi connectivity index (χ2v) is 6.47. The quantitative estimate of drug-likeness (QED) is 0.682. The molecule has 0 bridgehead atoms. The summed E-state index contributed by atoms with van der Waals surface area (Å²) in [5, 5.41) is 3.89. The Morgan fingerprint density at radius 3 is 2.79 bits per heavy atom. The number of carbonyl (C=O) groups excluding carboxylic acids is 1. The Labute approximate surface area is 163 Å². The van der Waals surface area contributed by atoms with Crippen LogP contribution in [0.1, 0.15) is 5.76 Å². The topological polar surface area (TPSA) is 63.9 Å².